The number of fused-ring (bicyclic) bond motifs is 1. The maximum Gasteiger partial charge on any atom is -0.00573 e. The van der Waals surface area contributed by atoms with Crippen LogP contribution in [0.4, 0.5) is 0 Å². The smallest absolute Gasteiger partial charge is 0.00573 e. The van der Waals surface area contributed by atoms with Crippen molar-refractivity contribution < 1.29 is 0 Å². The number of thiol groups is 1. The first-order chi connectivity index (χ1) is 6.42. The van der Waals surface area contributed by atoms with Crippen molar-refractivity contribution in [1.82, 2.24) is 0 Å². The standard InChI is InChI=1S/C12H16S/c13-9-8-11-6-3-5-10-4-1-2-7-12(10)11/h3,5-6,13H,1-2,4,7-9H2. The molecule has 0 amide bonds. The molecule has 0 unspecified atom stereocenters. The first-order valence-electron chi connectivity index (χ1n) is 5.12. The maximum atomic E-state index is 4.30. The monoisotopic (exact) mass is 192 g/mol. The minimum Gasteiger partial charge on any atom is -0.179 e. The van der Waals surface area contributed by atoms with Gasteiger partial charge in [0.25, 0.3) is 0 Å². The fourth-order valence-corrected chi connectivity index (χ4v) is 2.46. The summed E-state index contributed by atoms with van der Waals surface area (Å²) in [5.74, 6) is 0.969. The first-order valence-corrected chi connectivity index (χ1v) is 5.75. The average Bonchev–Trinajstić information content (AvgIpc) is 2.19. The number of hydrogen-bond acceptors (Lipinski definition) is 1. The van der Waals surface area contributed by atoms with Crippen LogP contribution in [0.25, 0.3) is 0 Å². The van der Waals surface area contributed by atoms with Gasteiger partial charge in [0.2, 0.25) is 0 Å². The lowest BCUT2D eigenvalue weighted by molar-refractivity contribution is 0.679. The van der Waals surface area contributed by atoms with Gasteiger partial charge in [0.05, 0.1) is 0 Å². The highest BCUT2D eigenvalue weighted by atomic mass is 32.1. The van der Waals surface area contributed by atoms with Crippen LogP contribution in [0.3, 0.4) is 0 Å². The fourth-order valence-electron chi connectivity index (χ4n) is 2.22. The van der Waals surface area contributed by atoms with Gasteiger partial charge >= 0.3 is 0 Å². The molecular formula is C12H16S. The normalized spacial score (nSPS) is 15.5. The van der Waals surface area contributed by atoms with E-state index in [-0.39, 0.29) is 0 Å². The molecule has 70 valence electrons. The van der Waals surface area contributed by atoms with Gasteiger partial charge < -0.3 is 0 Å². The lowest BCUT2D eigenvalue weighted by atomic mass is 9.87. The van der Waals surface area contributed by atoms with E-state index in [1.807, 2.05) is 0 Å². The number of hydrogen-bond donors (Lipinski definition) is 1. The van der Waals surface area contributed by atoms with Crippen LogP contribution in [0.2, 0.25) is 0 Å². The Labute approximate surface area is 85.8 Å². The molecule has 0 spiro atoms. The van der Waals surface area contributed by atoms with Crippen LogP contribution in [0.1, 0.15) is 29.5 Å². The van der Waals surface area contributed by atoms with Gasteiger partial charge in [-0.3, -0.25) is 0 Å². The molecule has 0 heterocycles. The lowest BCUT2D eigenvalue weighted by Gasteiger charge is -2.18. The quantitative estimate of drug-likeness (QED) is 0.684. The van der Waals surface area contributed by atoms with E-state index in [2.05, 4.69) is 30.8 Å². The zero-order valence-electron chi connectivity index (χ0n) is 7.92. The lowest BCUT2D eigenvalue weighted by Crippen LogP contribution is -2.06. The molecule has 0 atom stereocenters. The summed E-state index contributed by atoms with van der Waals surface area (Å²) >= 11 is 4.30. The maximum absolute atomic E-state index is 4.30. The van der Waals surface area contributed by atoms with Crippen LogP contribution in [0.15, 0.2) is 18.2 Å². The van der Waals surface area contributed by atoms with E-state index in [0.29, 0.717) is 0 Å². The van der Waals surface area contributed by atoms with E-state index in [1.165, 1.54) is 31.2 Å². The molecule has 0 aliphatic heterocycles. The zero-order chi connectivity index (χ0) is 9.10. The van der Waals surface area contributed by atoms with Crippen LogP contribution in [-0.2, 0) is 19.3 Å². The summed E-state index contributed by atoms with van der Waals surface area (Å²) in [7, 11) is 0. The number of aryl methyl sites for hydroxylation is 2. The van der Waals surface area contributed by atoms with E-state index < -0.39 is 0 Å². The third kappa shape index (κ3) is 1.91. The van der Waals surface area contributed by atoms with Gasteiger partial charge in [0.15, 0.2) is 0 Å². The second-order valence-electron chi connectivity index (χ2n) is 3.74. The molecular weight excluding hydrogens is 176 g/mol. The van der Waals surface area contributed by atoms with E-state index in [9.17, 15) is 0 Å². The summed E-state index contributed by atoms with van der Waals surface area (Å²) in [5, 5.41) is 0. The summed E-state index contributed by atoms with van der Waals surface area (Å²) in [5.41, 5.74) is 4.75. The Morgan fingerprint density at radius 3 is 2.85 bits per heavy atom. The van der Waals surface area contributed by atoms with Crippen LogP contribution >= 0.6 is 12.6 Å². The Morgan fingerprint density at radius 1 is 1.15 bits per heavy atom. The number of rotatable bonds is 2. The molecule has 1 aromatic carbocycles. The van der Waals surface area contributed by atoms with Gasteiger partial charge in [-0.1, -0.05) is 18.2 Å². The second-order valence-corrected chi connectivity index (χ2v) is 4.18. The largest absolute Gasteiger partial charge is 0.179 e. The summed E-state index contributed by atoms with van der Waals surface area (Å²) < 4.78 is 0. The minimum absolute atomic E-state index is 0.969. The van der Waals surface area contributed by atoms with Crippen LogP contribution in [-0.4, -0.2) is 5.75 Å². The van der Waals surface area contributed by atoms with Crippen molar-refractivity contribution >= 4 is 12.6 Å². The molecule has 13 heavy (non-hydrogen) atoms. The van der Waals surface area contributed by atoms with E-state index >= 15 is 0 Å². The molecule has 2 rings (SSSR count). The Hall–Kier alpha value is -0.430. The van der Waals surface area contributed by atoms with E-state index in [0.717, 1.165) is 12.2 Å². The van der Waals surface area contributed by atoms with Crippen molar-refractivity contribution in [2.45, 2.75) is 32.1 Å². The predicted octanol–water partition coefficient (Wildman–Crippen LogP) is 3.04. The summed E-state index contributed by atoms with van der Waals surface area (Å²) in [6.07, 6.45) is 6.45. The fraction of sp³-hybridized carbons (Fsp3) is 0.500. The van der Waals surface area contributed by atoms with Crippen LogP contribution < -0.4 is 0 Å². The highest BCUT2D eigenvalue weighted by Gasteiger charge is 2.11. The van der Waals surface area contributed by atoms with Crippen molar-refractivity contribution in [2.24, 2.45) is 0 Å². The van der Waals surface area contributed by atoms with Gasteiger partial charge in [-0.05, 0) is 54.5 Å². The molecule has 1 heteroatoms. The van der Waals surface area contributed by atoms with Crippen LogP contribution in [0, 0.1) is 0 Å². The Bertz CT molecular complexity index is 291. The highest BCUT2D eigenvalue weighted by molar-refractivity contribution is 7.80. The third-order valence-electron chi connectivity index (χ3n) is 2.87. The zero-order valence-corrected chi connectivity index (χ0v) is 8.82. The molecule has 1 aliphatic carbocycles. The first kappa shape index (κ1) is 9.14. The van der Waals surface area contributed by atoms with Crippen molar-refractivity contribution in [3.05, 3.63) is 34.9 Å². The topological polar surface area (TPSA) is 0 Å². The van der Waals surface area contributed by atoms with E-state index in [1.54, 1.807) is 11.1 Å². The van der Waals surface area contributed by atoms with Crippen molar-refractivity contribution in [1.29, 1.82) is 0 Å². The molecule has 0 aromatic heterocycles. The Kier molecular flexibility index (Phi) is 2.94. The molecule has 0 saturated heterocycles. The SMILES string of the molecule is SCCc1cccc2c1CCCC2. The van der Waals surface area contributed by atoms with Crippen molar-refractivity contribution in [3.63, 3.8) is 0 Å². The van der Waals surface area contributed by atoms with Gasteiger partial charge in [0.1, 0.15) is 0 Å². The van der Waals surface area contributed by atoms with Crippen molar-refractivity contribution in [3.8, 4) is 0 Å². The van der Waals surface area contributed by atoms with Gasteiger partial charge in [-0.25, -0.2) is 0 Å². The summed E-state index contributed by atoms with van der Waals surface area (Å²) in [6, 6.07) is 6.75. The molecule has 0 radical (unpaired) electrons. The molecule has 1 aromatic rings. The van der Waals surface area contributed by atoms with E-state index in [4.69, 9.17) is 0 Å². The second kappa shape index (κ2) is 4.19. The Morgan fingerprint density at radius 2 is 2.00 bits per heavy atom. The predicted molar refractivity (Wildman–Crippen MR) is 60.6 cm³/mol. The van der Waals surface area contributed by atoms with Gasteiger partial charge in [0, 0.05) is 0 Å². The summed E-state index contributed by atoms with van der Waals surface area (Å²) in [4.78, 5) is 0. The molecule has 0 bridgehead atoms. The van der Waals surface area contributed by atoms with Crippen molar-refractivity contribution in [2.75, 3.05) is 5.75 Å². The minimum atomic E-state index is 0.969. The third-order valence-corrected chi connectivity index (χ3v) is 3.10. The summed E-state index contributed by atoms with van der Waals surface area (Å²) in [6.45, 7) is 0. The highest BCUT2D eigenvalue weighted by Crippen LogP contribution is 2.24. The molecule has 0 N–H and O–H groups in total. The average molecular weight is 192 g/mol. The molecule has 0 nitrogen and oxygen atoms in total. The van der Waals surface area contributed by atoms with Gasteiger partial charge in [-0.2, -0.15) is 12.6 Å². The Balaban J connectivity index is 2.34. The molecule has 0 fully saturated rings. The number of benzene rings is 1. The molecule has 0 saturated carbocycles. The van der Waals surface area contributed by atoms with Crippen LogP contribution in [0.5, 0.6) is 0 Å². The van der Waals surface area contributed by atoms with Gasteiger partial charge in [-0.15, -0.1) is 0 Å². The molecule has 1 aliphatic rings.